The standard InChI is InChI=1S/C18H36N4O3.HI/c1-5-19-16(21-15-18(23-4)6-10-24-11-7-18)20-14-17(2,3)22-8-12-25-13-9-22;/h5-15H2,1-4H3,(H2,19,20,21);1H. The zero-order valence-electron chi connectivity index (χ0n) is 16.8. The Kier molecular flexibility index (Phi) is 10.7. The number of nitrogens with zero attached hydrogens (tertiary/aromatic N) is 2. The van der Waals surface area contributed by atoms with E-state index in [0.717, 1.165) is 78.0 Å². The molecule has 2 fully saturated rings. The van der Waals surface area contributed by atoms with Crippen molar-refractivity contribution >= 4 is 29.9 Å². The van der Waals surface area contributed by atoms with Gasteiger partial charge in [0.25, 0.3) is 0 Å². The normalized spacial score (nSPS) is 21.8. The fraction of sp³-hybridized carbons (Fsp3) is 0.944. The van der Waals surface area contributed by atoms with Gasteiger partial charge in [0, 0.05) is 64.9 Å². The summed E-state index contributed by atoms with van der Waals surface area (Å²) in [5.41, 5.74) is -0.141. The average Bonchev–Trinajstić information content (AvgIpc) is 2.65. The van der Waals surface area contributed by atoms with Gasteiger partial charge in [-0.2, -0.15) is 0 Å². The molecule has 0 aromatic heterocycles. The van der Waals surface area contributed by atoms with E-state index in [1.165, 1.54) is 0 Å². The molecule has 0 aromatic rings. The van der Waals surface area contributed by atoms with Gasteiger partial charge in [0.1, 0.15) is 0 Å². The topological polar surface area (TPSA) is 67.4 Å². The number of halogens is 1. The molecule has 2 heterocycles. The van der Waals surface area contributed by atoms with Crippen molar-refractivity contribution in [2.75, 3.05) is 66.3 Å². The molecule has 0 aliphatic carbocycles. The summed E-state index contributed by atoms with van der Waals surface area (Å²) in [5.74, 6) is 0.853. The summed E-state index contributed by atoms with van der Waals surface area (Å²) in [4.78, 5) is 7.29. The Bertz CT molecular complexity index is 423. The zero-order valence-corrected chi connectivity index (χ0v) is 19.1. The predicted octanol–water partition coefficient (Wildman–Crippen LogP) is 1.47. The Hall–Kier alpha value is -0.160. The van der Waals surface area contributed by atoms with Crippen LogP contribution in [-0.4, -0.2) is 88.3 Å². The van der Waals surface area contributed by atoms with Crippen molar-refractivity contribution in [2.24, 2.45) is 4.99 Å². The van der Waals surface area contributed by atoms with E-state index in [0.29, 0.717) is 0 Å². The molecular weight excluding hydrogens is 447 g/mol. The summed E-state index contributed by atoms with van der Waals surface area (Å²) in [7, 11) is 1.79. The van der Waals surface area contributed by atoms with Crippen molar-refractivity contribution in [1.29, 1.82) is 0 Å². The third kappa shape index (κ3) is 7.10. The predicted molar refractivity (Wildman–Crippen MR) is 116 cm³/mol. The van der Waals surface area contributed by atoms with Crippen LogP contribution in [0.25, 0.3) is 0 Å². The highest BCUT2D eigenvalue weighted by Gasteiger charge is 2.33. The number of methoxy groups -OCH3 is 1. The summed E-state index contributed by atoms with van der Waals surface area (Å²) < 4.78 is 16.7. The van der Waals surface area contributed by atoms with Crippen molar-refractivity contribution < 1.29 is 14.2 Å². The van der Waals surface area contributed by atoms with E-state index in [4.69, 9.17) is 19.2 Å². The number of nitrogens with one attached hydrogen (secondary N) is 2. The summed E-state index contributed by atoms with van der Waals surface area (Å²) in [6.45, 7) is 14.0. The van der Waals surface area contributed by atoms with Gasteiger partial charge in [0.05, 0.1) is 25.4 Å². The van der Waals surface area contributed by atoms with Crippen LogP contribution in [-0.2, 0) is 14.2 Å². The first-order valence-electron chi connectivity index (χ1n) is 9.49. The monoisotopic (exact) mass is 484 g/mol. The van der Waals surface area contributed by atoms with Gasteiger partial charge in [0.2, 0.25) is 0 Å². The third-order valence-corrected chi connectivity index (χ3v) is 5.25. The molecular formula is C18H37IN4O3. The number of aliphatic imine (C=N–C) groups is 1. The molecule has 0 unspecified atom stereocenters. The van der Waals surface area contributed by atoms with E-state index in [-0.39, 0.29) is 35.1 Å². The van der Waals surface area contributed by atoms with E-state index in [9.17, 15) is 0 Å². The third-order valence-electron chi connectivity index (χ3n) is 5.25. The van der Waals surface area contributed by atoms with E-state index >= 15 is 0 Å². The molecule has 2 saturated heterocycles. The van der Waals surface area contributed by atoms with Gasteiger partial charge in [-0.15, -0.1) is 24.0 Å². The van der Waals surface area contributed by atoms with Gasteiger partial charge < -0.3 is 24.8 Å². The van der Waals surface area contributed by atoms with E-state index in [1.54, 1.807) is 7.11 Å². The minimum absolute atomic E-state index is 0. The van der Waals surface area contributed by atoms with E-state index in [1.807, 2.05) is 0 Å². The second-order valence-electron chi connectivity index (χ2n) is 7.46. The number of ether oxygens (including phenoxy) is 3. The summed E-state index contributed by atoms with van der Waals surface area (Å²) in [6.07, 6.45) is 1.82. The highest BCUT2D eigenvalue weighted by atomic mass is 127. The van der Waals surface area contributed by atoms with Crippen LogP contribution in [0.5, 0.6) is 0 Å². The largest absolute Gasteiger partial charge is 0.381 e. The van der Waals surface area contributed by atoms with Crippen LogP contribution < -0.4 is 10.6 Å². The van der Waals surface area contributed by atoms with Gasteiger partial charge in [0.15, 0.2) is 5.96 Å². The first kappa shape index (κ1) is 23.9. The molecule has 26 heavy (non-hydrogen) atoms. The Morgan fingerprint density at radius 1 is 1.12 bits per heavy atom. The molecule has 2 aliphatic rings. The molecule has 154 valence electrons. The van der Waals surface area contributed by atoms with Gasteiger partial charge in [-0.05, 0) is 20.8 Å². The Morgan fingerprint density at radius 2 is 1.73 bits per heavy atom. The second kappa shape index (κ2) is 11.6. The fourth-order valence-corrected chi connectivity index (χ4v) is 3.32. The lowest BCUT2D eigenvalue weighted by Gasteiger charge is -2.40. The Morgan fingerprint density at radius 3 is 2.31 bits per heavy atom. The van der Waals surface area contributed by atoms with Crippen LogP contribution >= 0.6 is 24.0 Å². The molecule has 0 radical (unpaired) electrons. The lowest BCUT2D eigenvalue weighted by atomic mass is 9.94. The highest BCUT2D eigenvalue weighted by Crippen LogP contribution is 2.23. The number of rotatable bonds is 7. The smallest absolute Gasteiger partial charge is 0.191 e. The molecule has 2 aliphatic heterocycles. The maximum absolute atomic E-state index is 5.80. The lowest BCUT2D eigenvalue weighted by molar-refractivity contribution is -0.0855. The van der Waals surface area contributed by atoms with Crippen molar-refractivity contribution in [3.05, 3.63) is 0 Å². The van der Waals surface area contributed by atoms with Crippen molar-refractivity contribution in [1.82, 2.24) is 15.5 Å². The second-order valence-corrected chi connectivity index (χ2v) is 7.46. The van der Waals surface area contributed by atoms with Crippen molar-refractivity contribution in [2.45, 2.75) is 44.8 Å². The van der Waals surface area contributed by atoms with Crippen molar-refractivity contribution in [3.63, 3.8) is 0 Å². The average molecular weight is 484 g/mol. The Balaban J connectivity index is 0.00000338. The molecule has 0 aromatic carbocycles. The van der Waals surface area contributed by atoms with Crippen LogP contribution in [0.15, 0.2) is 4.99 Å². The quantitative estimate of drug-likeness (QED) is 0.324. The first-order chi connectivity index (χ1) is 12.0. The van der Waals surface area contributed by atoms with Crippen LogP contribution in [0.2, 0.25) is 0 Å². The highest BCUT2D eigenvalue weighted by molar-refractivity contribution is 14.0. The van der Waals surface area contributed by atoms with Crippen LogP contribution in [0.1, 0.15) is 33.6 Å². The number of hydrogen-bond acceptors (Lipinski definition) is 5. The lowest BCUT2D eigenvalue weighted by Crippen LogP contribution is -2.53. The fourth-order valence-electron chi connectivity index (χ4n) is 3.32. The molecule has 2 rings (SSSR count). The van der Waals surface area contributed by atoms with Gasteiger partial charge in [-0.1, -0.05) is 0 Å². The number of morpholine rings is 1. The molecule has 2 N–H and O–H groups in total. The molecule has 0 spiro atoms. The molecule has 0 atom stereocenters. The minimum Gasteiger partial charge on any atom is -0.381 e. The van der Waals surface area contributed by atoms with Crippen LogP contribution in [0.3, 0.4) is 0 Å². The van der Waals surface area contributed by atoms with Gasteiger partial charge >= 0.3 is 0 Å². The molecule has 0 amide bonds. The Labute approximate surface area is 175 Å². The summed E-state index contributed by atoms with van der Waals surface area (Å²) >= 11 is 0. The molecule has 0 bridgehead atoms. The SMILES string of the molecule is CCNC(=NCC(C)(C)N1CCOCC1)NCC1(OC)CCOCC1.I. The molecule has 0 saturated carbocycles. The molecule has 7 nitrogen and oxygen atoms in total. The van der Waals surface area contributed by atoms with Crippen LogP contribution in [0.4, 0.5) is 0 Å². The van der Waals surface area contributed by atoms with E-state index in [2.05, 4.69) is 36.3 Å². The summed E-state index contributed by atoms with van der Waals surface area (Å²) in [5, 5.41) is 6.82. The maximum atomic E-state index is 5.80. The number of guanidine groups is 1. The minimum atomic E-state index is -0.159. The maximum Gasteiger partial charge on any atom is 0.191 e. The first-order valence-corrected chi connectivity index (χ1v) is 9.49. The number of hydrogen-bond donors (Lipinski definition) is 2. The zero-order chi connectivity index (χ0) is 18.2. The molecule has 8 heteroatoms. The van der Waals surface area contributed by atoms with Crippen LogP contribution in [0, 0.1) is 0 Å². The van der Waals surface area contributed by atoms with E-state index < -0.39 is 0 Å². The van der Waals surface area contributed by atoms with Crippen molar-refractivity contribution in [3.8, 4) is 0 Å². The van der Waals surface area contributed by atoms with Gasteiger partial charge in [-0.3, -0.25) is 9.89 Å². The van der Waals surface area contributed by atoms with Gasteiger partial charge in [-0.25, -0.2) is 0 Å². The summed E-state index contributed by atoms with van der Waals surface area (Å²) in [6, 6.07) is 0.